The van der Waals surface area contributed by atoms with E-state index in [-0.39, 0.29) is 49.2 Å². The number of carbonyl (C=O) groups excluding carboxylic acids is 1. The zero-order chi connectivity index (χ0) is 15.9. The second-order valence-electron chi connectivity index (χ2n) is 5.51. The van der Waals surface area contributed by atoms with Crippen molar-refractivity contribution in [1.82, 2.24) is 9.62 Å². The van der Waals surface area contributed by atoms with Gasteiger partial charge in [0.25, 0.3) is 0 Å². The van der Waals surface area contributed by atoms with Gasteiger partial charge in [0, 0.05) is 26.2 Å². The summed E-state index contributed by atoms with van der Waals surface area (Å²) in [6.45, 7) is 5.44. The van der Waals surface area contributed by atoms with E-state index in [1.807, 2.05) is 13.8 Å². The van der Waals surface area contributed by atoms with Crippen molar-refractivity contribution in [3.05, 3.63) is 0 Å². The van der Waals surface area contributed by atoms with Crippen LogP contribution in [0.1, 0.15) is 26.7 Å². The smallest absolute Gasteiger partial charge is 0.224 e. The van der Waals surface area contributed by atoms with Crippen molar-refractivity contribution in [3.63, 3.8) is 0 Å². The Morgan fingerprint density at radius 3 is 2.73 bits per heavy atom. The molecule has 1 heterocycles. The first-order valence-corrected chi connectivity index (χ1v) is 9.05. The molecule has 0 aliphatic carbocycles. The van der Waals surface area contributed by atoms with Gasteiger partial charge < -0.3 is 15.8 Å². The fraction of sp³-hybridized carbons (Fsp3) is 0.923. The van der Waals surface area contributed by atoms with Crippen LogP contribution in [0.2, 0.25) is 0 Å². The van der Waals surface area contributed by atoms with Gasteiger partial charge in [0.2, 0.25) is 15.9 Å². The summed E-state index contributed by atoms with van der Waals surface area (Å²) in [7, 11) is -3.36. The van der Waals surface area contributed by atoms with Crippen molar-refractivity contribution >= 4 is 28.3 Å². The average molecular weight is 358 g/mol. The third-order valence-electron chi connectivity index (χ3n) is 3.38. The molecule has 22 heavy (non-hydrogen) atoms. The molecule has 9 heteroatoms. The molecule has 7 nitrogen and oxygen atoms in total. The molecular formula is C13H28ClN3O4S. The molecule has 132 valence electrons. The number of nitrogens with one attached hydrogen (secondary N) is 1. The normalized spacial score (nSPS) is 19.7. The van der Waals surface area contributed by atoms with E-state index >= 15 is 0 Å². The van der Waals surface area contributed by atoms with Crippen molar-refractivity contribution in [2.45, 2.75) is 32.8 Å². The van der Waals surface area contributed by atoms with Gasteiger partial charge in [0.05, 0.1) is 24.4 Å². The Bertz CT molecular complexity index is 431. The molecule has 0 aromatic rings. The van der Waals surface area contributed by atoms with Gasteiger partial charge in [0.15, 0.2) is 0 Å². The van der Waals surface area contributed by atoms with Gasteiger partial charge in [0.1, 0.15) is 0 Å². The summed E-state index contributed by atoms with van der Waals surface area (Å²) in [5.74, 6) is -0.438. The Morgan fingerprint density at radius 2 is 2.14 bits per heavy atom. The Labute approximate surface area is 139 Å². The molecule has 1 saturated heterocycles. The summed E-state index contributed by atoms with van der Waals surface area (Å²) in [6.07, 6.45) is 1.42. The molecule has 3 N–H and O–H groups in total. The highest BCUT2D eigenvalue weighted by atomic mass is 35.5. The summed E-state index contributed by atoms with van der Waals surface area (Å²) < 4.78 is 31.2. The Hall–Kier alpha value is -0.410. The van der Waals surface area contributed by atoms with E-state index in [4.69, 9.17) is 10.5 Å². The molecule has 0 aromatic carbocycles. The van der Waals surface area contributed by atoms with E-state index < -0.39 is 10.0 Å². The van der Waals surface area contributed by atoms with Crippen LogP contribution in [-0.2, 0) is 19.6 Å². The first-order valence-electron chi connectivity index (χ1n) is 7.44. The summed E-state index contributed by atoms with van der Waals surface area (Å²) in [6, 6.07) is 0. The topological polar surface area (TPSA) is 102 Å². The number of nitrogens with zero attached hydrogens (tertiary/aromatic N) is 1. The number of amides is 1. The monoisotopic (exact) mass is 357 g/mol. The molecule has 1 rings (SSSR count). The van der Waals surface area contributed by atoms with Crippen LogP contribution in [0.5, 0.6) is 0 Å². The van der Waals surface area contributed by atoms with Gasteiger partial charge in [-0.05, 0) is 26.7 Å². The number of hydrogen-bond acceptors (Lipinski definition) is 5. The number of sulfonamides is 1. The zero-order valence-electron chi connectivity index (χ0n) is 13.3. The second-order valence-corrected chi connectivity index (χ2v) is 7.60. The fourth-order valence-electron chi connectivity index (χ4n) is 2.27. The Morgan fingerprint density at radius 1 is 1.45 bits per heavy atom. The maximum atomic E-state index is 12.2. The molecular weight excluding hydrogens is 330 g/mol. The van der Waals surface area contributed by atoms with Crippen LogP contribution in [0.4, 0.5) is 0 Å². The van der Waals surface area contributed by atoms with Crippen LogP contribution < -0.4 is 11.1 Å². The van der Waals surface area contributed by atoms with Gasteiger partial charge in [-0.3, -0.25) is 4.79 Å². The molecule has 0 saturated carbocycles. The second kappa shape index (κ2) is 10.4. The highest BCUT2D eigenvalue weighted by Crippen LogP contribution is 2.19. The van der Waals surface area contributed by atoms with Crippen LogP contribution in [0.25, 0.3) is 0 Å². The Balaban J connectivity index is 0.00000441. The van der Waals surface area contributed by atoms with Crippen molar-refractivity contribution in [2.24, 2.45) is 11.7 Å². The van der Waals surface area contributed by atoms with Crippen molar-refractivity contribution < 1.29 is 17.9 Å². The van der Waals surface area contributed by atoms with E-state index in [1.54, 1.807) is 0 Å². The number of piperidine rings is 1. The van der Waals surface area contributed by atoms with Crippen LogP contribution >= 0.6 is 12.4 Å². The number of ether oxygens (including phenoxy) is 1. The lowest BCUT2D eigenvalue weighted by Gasteiger charge is -2.31. The lowest BCUT2D eigenvalue weighted by molar-refractivity contribution is -0.126. The zero-order valence-corrected chi connectivity index (χ0v) is 14.9. The number of carbonyl (C=O) groups is 1. The Kier molecular flexibility index (Phi) is 10.2. The van der Waals surface area contributed by atoms with Gasteiger partial charge >= 0.3 is 0 Å². The average Bonchev–Trinajstić information content (AvgIpc) is 2.44. The standard InChI is InChI=1S/C13H27N3O4S.ClH/c1-11(2)20-8-9-21(18,19)16-7-3-4-12(10-16)13(17)15-6-5-14;/h11-12H,3-10,14H2,1-2H3,(H,15,17);1H. The number of nitrogens with two attached hydrogens (primary N) is 1. The highest BCUT2D eigenvalue weighted by molar-refractivity contribution is 7.89. The molecule has 1 aliphatic heterocycles. The molecule has 1 amide bonds. The van der Waals surface area contributed by atoms with Crippen LogP contribution in [0.15, 0.2) is 0 Å². The lowest BCUT2D eigenvalue weighted by Crippen LogP contribution is -2.47. The number of hydrogen-bond donors (Lipinski definition) is 2. The van der Waals surface area contributed by atoms with E-state index in [1.165, 1.54) is 4.31 Å². The predicted octanol–water partition coefficient (Wildman–Crippen LogP) is -0.0501. The molecule has 0 bridgehead atoms. The summed E-state index contributed by atoms with van der Waals surface area (Å²) in [5.41, 5.74) is 5.35. The maximum absolute atomic E-state index is 12.2. The molecule has 0 aromatic heterocycles. The van der Waals surface area contributed by atoms with Gasteiger partial charge in [-0.25, -0.2) is 12.7 Å². The van der Waals surface area contributed by atoms with Crippen LogP contribution in [0.3, 0.4) is 0 Å². The molecule has 0 spiro atoms. The van der Waals surface area contributed by atoms with Crippen molar-refractivity contribution in [1.29, 1.82) is 0 Å². The van der Waals surface area contributed by atoms with Crippen molar-refractivity contribution in [3.8, 4) is 0 Å². The minimum Gasteiger partial charge on any atom is -0.378 e. The molecule has 1 atom stereocenters. The summed E-state index contributed by atoms with van der Waals surface area (Å²) in [5, 5.41) is 2.72. The van der Waals surface area contributed by atoms with Crippen LogP contribution in [0, 0.1) is 5.92 Å². The van der Waals surface area contributed by atoms with E-state index in [2.05, 4.69) is 5.32 Å². The quantitative estimate of drug-likeness (QED) is 0.634. The molecule has 1 aliphatic rings. The predicted molar refractivity (Wildman–Crippen MR) is 88.5 cm³/mol. The van der Waals surface area contributed by atoms with E-state index in [9.17, 15) is 13.2 Å². The summed E-state index contributed by atoms with van der Waals surface area (Å²) in [4.78, 5) is 11.9. The largest absolute Gasteiger partial charge is 0.378 e. The SMILES string of the molecule is CC(C)OCCS(=O)(=O)N1CCCC(C(=O)NCCN)C1.Cl. The lowest BCUT2D eigenvalue weighted by atomic mass is 9.99. The first-order chi connectivity index (χ1) is 9.86. The van der Waals surface area contributed by atoms with Crippen LogP contribution in [-0.4, -0.2) is 63.3 Å². The van der Waals surface area contributed by atoms with Crippen molar-refractivity contribution in [2.75, 3.05) is 38.5 Å². The van der Waals surface area contributed by atoms with Gasteiger partial charge in [-0.15, -0.1) is 12.4 Å². The highest BCUT2D eigenvalue weighted by Gasteiger charge is 2.31. The number of rotatable bonds is 8. The number of halogens is 1. The van der Waals surface area contributed by atoms with Gasteiger partial charge in [-0.2, -0.15) is 0 Å². The van der Waals surface area contributed by atoms with Gasteiger partial charge in [-0.1, -0.05) is 0 Å². The van der Waals surface area contributed by atoms with E-state index in [0.717, 1.165) is 0 Å². The van der Waals surface area contributed by atoms with E-state index in [0.29, 0.717) is 32.5 Å². The summed E-state index contributed by atoms with van der Waals surface area (Å²) >= 11 is 0. The third kappa shape index (κ3) is 7.23. The first kappa shape index (κ1) is 21.6. The fourth-order valence-corrected chi connectivity index (χ4v) is 3.65. The molecule has 0 radical (unpaired) electrons. The molecule has 1 unspecified atom stereocenters. The minimum absolute atomic E-state index is 0. The maximum Gasteiger partial charge on any atom is 0.224 e. The minimum atomic E-state index is -3.36. The molecule has 1 fully saturated rings. The third-order valence-corrected chi connectivity index (χ3v) is 5.19.